The predicted octanol–water partition coefficient (Wildman–Crippen LogP) is 3.84. The lowest BCUT2D eigenvalue weighted by atomic mass is 10.00. The fourth-order valence-electron chi connectivity index (χ4n) is 2.07. The van der Waals surface area contributed by atoms with Crippen LogP contribution in [0.3, 0.4) is 0 Å². The topological polar surface area (TPSA) is 26.0 Å². The van der Waals surface area contributed by atoms with Crippen LogP contribution < -0.4 is 5.73 Å². The van der Waals surface area contributed by atoms with Crippen molar-refractivity contribution in [2.75, 3.05) is 0 Å². The van der Waals surface area contributed by atoms with E-state index < -0.39 is 0 Å². The van der Waals surface area contributed by atoms with E-state index in [0.29, 0.717) is 17.3 Å². The first-order valence-corrected chi connectivity index (χ1v) is 6.77. The van der Waals surface area contributed by atoms with Crippen molar-refractivity contribution in [3.63, 3.8) is 0 Å². The third-order valence-electron chi connectivity index (χ3n) is 2.81. The third-order valence-corrected chi connectivity index (χ3v) is 3.26. The van der Waals surface area contributed by atoms with Crippen molar-refractivity contribution in [2.24, 2.45) is 5.73 Å². The van der Waals surface area contributed by atoms with Gasteiger partial charge in [-0.3, -0.25) is 0 Å². The lowest BCUT2D eigenvalue weighted by Gasteiger charge is -2.12. The molecule has 1 nitrogen and oxygen atoms in total. The number of benzene rings is 2. The van der Waals surface area contributed by atoms with Gasteiger partial charge in [-0.1, -0.05) is 28.1 Å². The van der Waals surface area contributed by atoms with Crippen molar-refractivity contribution >= 4 is 15.9 Å². The Morgan fingerprint density at radius 3 is 2.32 bits per heavy atom. The first-order valence-electron chi connectivity index (χ1n) is 5.98. The minimum Gasteiger partial charge on any atom is -0.327 e. The predicted molar refractivity (Wildman–Crippen MR) is 75.9 cm³/mol. The van der Waals surface area contributed by atoms with E-state index in [4.69, 9.17) is 5.73 Å². The quantitative estimate of drug-likeness (QED) is 0.908. The number of halogens is 3. The van der Waals surface area contributed by atoms with Gasteiger partial charge in [-0.25, -0.2) is 8.78 Å². The highest BCUT2D eigenvalue weighted by atomic mass is 79.9. The number of nitrogens with two attached hydrogens (primary N) is 1. The average Bonchev–Trinajstić information content (AvgIpc) is 2.26. The zero-order valence-corrected chi connectivity index (χ0v) is 11.8. The highest BCUT2D eigenvalue weighted by Gasteiger charge is 2.08. The minimum absolute atomic E-state index is 0.171. The Bertz CT molecular complexity index is 552. The monoisotopic (exact) mass is 325 g/mol. The van der Waals surface area contributed by atoms with Crippen molar-refractivity contribution in [1.82, 2.24) is 0 Å². The van der Waals surface area contributed by atoms with Gasteiger partial charge < -0.3 is 5.73 Å². The van der Waals surface area contributed by atoms with Gasteiger partial charge >= 0.3 is 0 Å². The van der Waals surface area contributed by atoms with E-state index in [0.717, 1.165) is 11.1 Å². The molecule has 0 saturated heterocycles. The summed E-state index contributed by atoms with van der Waals surface area (Å²) >= 11 is 3.25. The van der Waals surface area contributed by atoms with E-state index in [1.165, 1.54) is 24.3 Å². The number of hydrogen-bond donors (Lipinski definition) is 1. The van der Waals surface area contributed by atoms with Gasteiger partial charge in [-0.05, 0) is 54.3 Å². The Balaban J connectivity index is 2.03. The fraction of sp³-hybridized carbons (Fsp3) is 0.200. The van der Waals surface area contributed by atoms with E-state index in [2.05, 4.69) is 15.9 Å². The van der Waals surface area contributed by atoms with E-state index in [9.17, 15) is 8.78 Å². The molecule has 0 bridgehead atoms. The highest BCUT2D eigenvalue weighted by molar-refractivity contribution is 9.10. The van der Waals surface area contributed by atoms with E-state index in [1.54, 1.807) is 6.07 Å². The molecule has 0 saturated carbocycles. The Kier molecular flexibility index (Phi) is 4.66. The van der Waals surface area contributed by atoms with Crippen molar-refractivity contribution in [3.05, 3.63) is 69.7 Å². The number of rotatable bonds is 4. The molecule has 1 unspecified atom stereocenters. The summed E-state index contributed by atoms with van der Waals surface area (Å²) in [5.74, 6) is -0.555. The molecule has 2 N–H and O–H groups in total. The van der Waals surface area contributed by atoms with Crippen LogP contribution in [0.1, 0.15) is 11.1 Å². The van der Waals surface area contributed by atoms with Gasteiger partial charge in [0.05, 0.1) is 0 Å². The fourth-order valence-corrected chi connectivity index (χ4v) is 2.58. The Morgan fingerprint density at radius 2 is 1.63 bits per heavy atom. The van der Waals surface area contributed by atoms with E-state index >= 15 is 0 Å². The molecule has 4 heteroatoms. The zero-order chi connectivity index (χ0) is 13.8. The SMILES string of the molecule is NC(Cc1cccc(F)c1)Cc1cc(F)cc(Br)c1. The molecule has 0 amide bonds. The molecule has 0 spiro atoms. The molecule has 2 aromatic carbocycles. The Labute approximate surface area is 119 Å². The average molecular weight is 326 g/mol. The molecular weight excluding hydrogens is 312 g/mol. The van der Waals surface area contributed by atoms with Gasteiger partial charge in [0.1, 0.15) is 11.6 Å². The molecule has 0 radical (unpaired) electrons. The van der Waals surface area contributed by atoms with Crippen molar-refractivity contribution < 1.29 is 8.78 Å². The van der Waals surface area contributed by atoms with Crippen LogP contribution in [-0.4, -0.2) is 6.04 Å². The van der Waals surface area contributed by atoms with Crippen LogP contribution >= 0.6 is 15.9 Å². The lowest BCUT2D eigenvalue weighted by molar-refractivity contribution is 0.611. The lowest BCUT2D eigenvalue weighted by Crippen LogP contribution is -2.25. The second kappa shape index (κ2) is 6.26. The van der Waals surface area contributed by atoms with Gasteiger partial charge in [0.2, 0.25) is 0 Å². The van der Waals surface area contributed by atoms with Gasteiger partial charge in [-0.2, -0.15) is 0 Å². The molecule has 19 heavy (non-hydrogen) atoms. The standard InChI is InChI=1S/C15H14BrF2N/c16-12-4-11(6-14(18)9-12)8-15(19)7-10-2-1-3-13(17)5-10/h1-6,9,15H,7-8,19H2. The van der Waals surface area contributed by atoms with Gasteiger partial charge in [-0.15, -0.1) is 0 Å². The molecule has 0 aliphatic rings. The Morgan fingerprint density at radius 1 is 0.947 bits per heavy atom. The summed E-state index contributed by atoms with van der Waals surface area (Å²) < 4.78 is 27.0. The molecule has 100 valence electrons. The van der Waals surface area contributed by atoms with Crippen molar-refractivity contribution in [2.45, 2.75) is 18.9 Å². The van der Waals surface area contributed by atoms with Crippen LogP contribution in [0, 0.1) is 11.6 Å². The van der Waals surface area contributed by atoms with Crippen molar-refractivity contribution in [1.29, 1.82) is 0 Å². The summed E-state index contributed by atoms with van der Waals surface area (Å²) in [6, 6.07) is 10.9. The van der Waals surface area contributed by atoms with Gasteiger partial charge in [0.25, 0.3) is 0 Å². The molecule has 2 rings (SSSR count). The molecule has 2 aromatic rings. The first kappa shape index (κ1) is 14.2. The Hall–Kier alpha value is -1.26. The van der Waals surface area contributed by atoms with Crippen molar-refractivity contribution in [3.8, 4) is 0 Å². The normalized spacial score (nSPS) is 12.4. The van der Waals surface area contributed by atoms with Crippen LogP contribution in [0.5, 0.6) is 0 Å². The highest BCUT2D eigenvalue weighted by Crippen LogP contribution is 2.17. The third kappa shape index (κ3) is 4.40. The summed E-state index contributed by atoms with van der Waals surface area (Å²) in [6.45, 7) is 0. The van der Waals surface area contributed by atoms with Crippen LogP contribution in [0.15, 0.2) is 46.9 Å². The van der Waals surface area contributed by atoms with Crippen LogP contribution in [-0.2, 0) is 12.8 Å². The summed E-state index contributed by atoms with van der Waals surface area (Å²) in [5.41, 5.74) is 7.71. The molecule has 0 fully saturated rings. The van der Waals surface area contributed by atoms with Crippen LogP contribution in [0.4, 0.5) is 8.78 Å². The minimum atomic E-state index is -0.290. The van der Waals surface area contributed by atoms with Crippen LogP contribution in [0.2, 0.25) is 0 Å². The summed E-state index contributed by atoms with van der Waals surface area (Å²) in [5, 5.41) is 0. The molecular formula is C15H14BrF2N. The largest absolute Gasteiger partial charge is 0.327 e. The molecule has 0 aromatic heterocycles. The van der Waals surface area contributed by atoms with E-state index in [-0.39, 0.29) is 17.7 Å². The summed E-state index contributed by atoms with van der Waals surface area (Å²) in [7, 11) is 0. The maximum absolute atomic E-state index is 13.2. The maximum Gasteiger partial charge on any atom is 0.124 e. The maximum atomic E-state index is 13.2. The molecule has 1 atom stereocenters. The molecule has 0 heterocycles. The molecule has 0 aliphatic heterocycles. The van der Waals surface area contributed by atoms with Crippen LogP contribution in [0.25, 0.3) is 0 Å². The smallest absolute Gasteiger partial charge is 0.124 e. The second-order valence-corrected chi connectivity index (χ2v) is 5.49. The van der Waals surface area contributed by atoms with Gasteiger partial charge in [0.15, 0.2) is 0 Å². The summed E-state index contributed by atoms with van der Waals surface area (Å²) in [4.78, 5) is 0. The zero-order valence-electron chi connectivity index (χ0n) is 10.2. The van der Waals surface area contributed by atoms with E-state index in [1.807, 2.05) is 12.1 Å². The first-order chi connectivity index (χ1) is 9.02. The second-order valence-electron chi connectivity index (χ2n) is 4.58. The van der Waals surface area contributed by atoms with Gasteiger partial charge in [0, 0.05) is 10.5 Å². The summed E-state index contributed by atoms with van der Waals surface area (Å²) in [6.07, 6.45) is 1.11. The molecule has 0 aliphatic carbocycles. The number of hydrogen-bond acceptors (Lipinski definition) is 1.